The second kappa shape index (κ2) is 7.41. The lowest BCUT2D eigenvalue weighted by Gasteiger charge is -2.34. The molecule has 8 heteroatoms. The summed E-state index contributed by atoms with van der Waals surface area (Å²) in [4.78, 5) is 36.2. The van der Waals surface area contributed by atoms with Crippen molar-refractivity contribution in [3.63, 3.8) is 0 Å². The average molecular weight is 340 g/mol. The third-order valence-corrected chi connectivity index (χ3v) is 4.27. The minimum absolute atomic E-state index is 0.0265. The van der Waals surface area contributed by atoms with Crippen molar-refractivity contribution in [2.45, 2.75) is 38.6 Å². The summed E-state index contributed by atoms with van der Waals surface area (Å²) in [5.74, 6) is -1.39. The molecule has 2 amide bonds. The number of rotatable bonds is 3. The molecule has 0 saturated carbocycles. The number of piperidine rings is 1. The highest BCUT2D eigenvalue weighted by Crippen LogP contribution is 2.27. The quantitative estimate of drug-likeness (QED) is 0.520. The zero-order valence-electron chi connectivity index (χ0n) is 12.8. The maximum Gasteiger partial charge on any atom is 0.313 e. The maximum atomic E-state index is 12.3. The number of hydrogen-bond donors (Lipinski definition) is 1. The molecule has 0 bridgehead atoms. The third kappa shape index (κ3) is 3.98. The Labute approximate surface area is 138 Å². The summed E-state index contributed by atoms with van der Waals surface area (Å²) in [6.45, 7) is 2.54. The number of nitro groups is 1. The van der Waals surface area contributed by atoms with Gasteiger partial charge in [-0.1, -0.05) is 18.5 Å². The minimum Gasteiger partial charge on any atom is -0.331 e. The molecule has 23 heavy (non-hydrogen) atoms. The number of carbonyl (C=O) groups excluding carboxylic acids is 2. The van der Waals surface area contributed by atoms with Crippen LogP contribution in [0, 0.1) is 10.1 Å². The number of nitrogens with one attached hydrogen (secondary N) is 1. The summed E-state index contributed by atoms with van der Waals surface area (Å²) in [6.07, 6.45) is 3.61. The van der Waals surface area contributed by atoms with Gasteiger partial charge in [0.25, 0.3) is 5.69 Å². The van der Waals surface area contributed by atoms with Crippen molar-refractivity contribution in [1.82, 2.24) is 4.90 Å². The van der Waals surface area contributed by atoms with Gasteiger partial charge in [0.1, 0.15) is 5.02 Å². The minimum atomic E-state index is -0.790. The summed E-state index contributed by atoms with van der Waals surface area (Å²) in [6, 6.07) is 3.95. The molecule has 124 valence electrons. The molecule has 1 unspecified atom stereocenters. The van der Waals surface area contributed by atoms with Gasteiger partial charge in [-0.3, -0.25) is 19.7 Å². The number of carbonyl (C=O) groups is 2. The van der Waals surface area contributed by atoms with E-state index < -0.39 is 16.7 Å². The highest BCUT2D eigenvalue weighted by Gasteiger charge is 2.30. The molecule has 0 spiro atoms. The van der Waals surface area contributed by atoms with Gasteiger partial charge in [0, 0.05) is 24.3 Å². The largest absolute Gasteiger partial charge is 0.331 e. The fourth-order valence-corrected chi connectivity index (χ4v) is 2.92. The van der Waals surface area contributed by atoms with Crippen LogP contribution in [0.5, 0.6) is 0 Å². The highest BCUT2D eigenvalue weighted by atomic mass is 35.5. The van der Waals surface area contributed by atoms with Crippen LogP contribution >= 0.6 is 11.6 Å². The lowest BCUT2D eigenvalue weighted by Crippen LogP contribution is -2.48. The van der Waals surface area contributed by atoms with Crippen molar-refractivity contribution in [3.8, 4) is 0 Å². The number of hydrogen-bond acceptors (Lipinski definition) is 4. The molecule has 0 aliphatic carbocycles. The van der Waals surface area contributed by atoms with Crippen LogP contribution in [-0.4, -0.2) is 34.2 Å². The number of benzene rings is 1. The molecule has 1 aliphatic rings. The predicted molar refractivity (Wildman–Crippen MR) is 86.4 cm³/mol. The van der Waals surface area contributed by atoms with Crippen LogP contribution in [0.3, 0.4) is 0 Å². The highest BCUT2D eigenvalue weighted by molar-refractivity contribution is 6.39. The third-order valence-electron chi connectivity index (χ3n) is 3.95. The van der Waals surface area contributed by atoms with Crippen LogP contribution < -0.4 is 5.32 Å². The number of nitro benzene ring substituents is 1. The number of halogens is 1. The van der Waals surface area contributed by atoms with Gasteiger partial charge in [0.15, 0.2) is 0 Å². The molecule has 1 fully saturated rings. The van der Waals surface area contributed by atoms with Gasteiger partial charge in [-0.05, 0) is 37.8 Å². The van der Waals surface area contributed by atoms with Gasteiger partial charge in [0.2, 0.25) is 0 Å². The lowest BCUT2D eigenvalue weighted by atomic mass is 10.00. The number of anilines is 1. The summed E-state index contributed by atoms with van der Waals surface area (Å²) in [7, 11) is 0. The average Bonchev–Trinajstić information content (AvgIpc) is 2.55. The van der Waals surface area contributed by atoms with Gasteiger partial charge in [-0.2, -0.15) is 0 Å². The van der Waals surface area contributed by atoms with Crippen LogP contribution in [0.2, 0.25) is 5.02 Å². The molecule has 1 saturated heterocycles. The Bertz CT molecular complexity index is 635. The molecule has 1 aromatic carbocycles. The lowest BCUT2D eigenvalue weighted by molar-refractivity contribution is -0.384. The van der Waals surface area contributed by atoms with Gasteiger partial charge in [-0.15, -0.1) is 0 Å². The van der Waals surface area contributed by atoms with E-state index in [0.29, 0.717) is 6.54 Å². The van der Waals surface area contributed by atoms with E-state index in [1.54, 1.807) is 4.90 Å². The number of likely N-dealkylation sites (tertiary alicyclic amines) is 1. The van der Waals surface area contributed by atoms with Crippen molar-refractivity contribution in [2.24, 2.45) is 0 Å². The zero-order valence-corrected chi connectivity index (χ0v) is 13.5. The molecule has 7 nitrogen and oxygen atoms in total. The molecule has 1 atom stereocenters. The Morgan fingerprint density at radius 3 is 2.83 bits per heavy atom. The van der Waals surface area contributed by atoms with E-state index in [1.165, 1.54) is 12.1 Å². The van der Waals surface area contributed by atoms with Gasteiger partial charge >= 0.3 is 11.8 Å². The van der Waals surface area contributed by atoms with Crippen molar-refractivity contribution >= 4 is 34.8 Å². The number of nitrogens with zero attached hydrogens (tertiary/aromatic N) is 2. The van der Waals surface area contributed by atoms with E-state index >= 15 is 0 Å². The van der Waals surface area contributed by atoms with Crippen molar-refractivity contribution in [3.05, 3.63) is 33.3 Å². The Balaban J connectivity index is 2.10. The molecule has 1 aliphatic heterocycles. The van der Waals surface area contributed by atoms with Crippen LogP contribution in [0.1, 0.15) is 32.6 Å². The maximum absolute atomic E-state index is 12.3. The van der Waals surface area contributed by atoms with Crippen molar-refractivity contribution in [2.75, 3.05) is 11.9 Å². The molecule has 2 rings (SSSR count). The van der Waals surface area contributed by atoms with Gasteiger partial charge in [-0.25, -0.2) is 0 Å². The second-order valence-corrected chi connectivity index (χ2v) is 5.84. The molecule has 0 radical (unpaired) electrons. The summed E-state index contributed by atoms with van der Waals surface area (Å²) in [5.41, 5.74) is -0.147. The van der Waals surface area contributed by atoms with Gasteiger partial charge < -0.3 is 10.2 Å². The van der Waals surface area contributed by atoms with E-state index in [4.69, 9.17) is 11.6 Å². The fourth-order valence-electron chi connectivity index (χ4n) is 2.74. The van der Waals surface area contributed by atoms with E-state index in [2.05, 4.69) is 5.32 Å². The Morgan fingerprint density at radius 1 is 1.43 bits per heavy atom. The predicted octanol–water partition coefficient (Wildman–Crippen LogP) is 2.98. The monoisotopic (exact) mass is 339 g/mol. The first-order chi connectivity index (χ1) is 10.9. The van der Waals surface area contributed by atoms with E-state index in [0.717, 1.165) is 31.7 Å². The van der Waals surface area contributed by atoms with Crippen LogP contribution in [0.15, 0.2) is 18.2 Å². The van der Waals surface area contributed by atoms with Crippen LogP contribution in [0.4, 0.5) is 11.4 Å². The molecule has 0 aromatic heterocycles. The van der Waals surface area contributed by atoms with Crippen LogP contribution in [0.25, 0.3) is 0 Å². The Hall–Kier alpha value is -2.15. The normalized spacial score (nSPS) is 17.7. The molecular weight excluding hydrogens is 322 g/mol. The topological polar surface area (TPSA) is 92.6 Å². The first kappa shape index (κ1) is 17.2. The standard InChI is InChI=1S/C15H18ClN3O4/c1-2-11-5-3-4-8-18(11)15(21)14(20)17-10-6-7-12(16)13(9-10)19(22)23/h6-7,9,11H,2-5,8H2,1H3,(H,17,20). The molecule has 1 heterocycles. The molecule has 1 aromatic rings. The fraction of sp³-hybridized carbons (Fsp3) is 0.467. The van der Waals surface area contributed by atoms with Crippen molar-refractivity contribution < 1.29 is 14.5 Å². The summed E-state index contributed by atoms with van der Waals surface area (Å²) >= 11 is 5.72. The Kier molecular flexibility index (Phi) is 5.54. The first-order valence-electron chi connectivity index (χ1n) is 7.50. The number of amides is 2. The van der Waals surface area contributed by atoms with E-state index in [9.17, 15) is 19.7 Å². The van der Waals surface area contributed by atoms with E-state index in [-0.39, 0.29) is 22.4 Å². The summed E-state index contributed by atoms with van der Waals surface area (Å²) in [5, 5.41) is 13.2. The zero-order chi connectivity index (χ0) is 17.0. The first-order valence-corrected chi connectivity index (χ1v) is 7.87. The van der Waals surface area contributed by atoms with Crippen molar-refractivity contribution in [1.29, 1.82) is 0 Å². The summed E-state index contributed by atoms with van der Waals surface area (Å²) < 4.78 is 0. The second-order valence-electron chi connectivity index (χ2n) is 5.43. The molecule has 1 N–H and O–H groups in total. The Morgan fingerprint density at radius 2 is 2.17 bits per heavy atom. The molecular formula is C15H18ClN3O4. The van der Waals surface area contributed by atoms with Gasteiger partial charge in [0.05, 0.1) is 4.92 Å². The van der Waals surface area contributed by atoms with E-state index in [1.807, 2.05) is 6.92 Å². The van der Waals surface area contributed by atoms with Crippen LogP contribution in [-0.2, 0) is 9.59 Å². The SMILES string of the molecule is CCC1CCCCN1C(=O)C(=O)Nc1ccc(Cl)c([N+](=O)[O-])c1. The smallest absolute Gasteiger partial charge is 0.313 e.